The number of hydrogen-bond donors (Lipinski definition) is 0. The number of halogens is 1. The monoisotopic (exact) mass is 283 g/mol. The lowest BCUT2D eigenvalue weighted by molar-refractivity contribution is 0.547. The Morgan fingerprint density at radius 2 is 2.25 bits per heavy atom. The molecule has 0 fully saturated rings. The zero-order chi connectivity index (χ0) is 11.8. The van der Waals surface area contributed by atoms with E-state index < -0.39 is 0 Å². The van der Waals surface area contributed by atoms with Crippen LogP contribution in [0.2, 0.25) is 0 Å². The van der Waals surface area contributed by atoms with Crippen molar-refractivity contribution in [1.82, 2.24) is 19.6 Å². The van der Waals surface area contributed by atoms with E-state index in [1.165, 1.54) is 0 Å². The maximum atomic E-state index is 4.38. The summed E-state index contributed by atoms with van der Waals surface area (Å²) in [6.45, 7) is 4.28. The van der Waals surface area contributed by atoms with Gasteiger partial charge in [0.15, 0.2) is 5.82 Å². The predicted octanol–water partition coefficient (Wildman–Crippen LogP) is 1.73. The standard InChI is InChI=1S/C10H14BrN5/c1-10(2,6-11)15(3)8-9-14-13-7-16(9)5-4-12-8/h4-5,7H,6H2,1-3H3. The molecule has 2 rings (SSSR count). The third-order valence-electron chi connectivity index (χ3n) is 2.75. The summed E-state index contributed by atoms with van der Waals surface area (Å²) in [5.74, 6) is 0.837. The molecule has 2 aromatic rings. The second-order valence-electron chi connectivity index (χ2n) is 4.32. The van der Waals surface area contributed by atoms with Gasteiger partial charge >= 0.3 is 0 Å². The summed E-state index contributed by atoms with van der Waals surface area (Å²) in [4.78, 5) is 6.48. The molecule has 0 saturated heterocycles. The van der Waals surface area contributed by atoms with Crippen molar-refractivity contribution in [2.75, 3.05) is 17.3 Å². The van der Waals surface area contributed by atoms with Gasteiger partial charge in [-0.3, -0.25) is 4.40 Å². The van der Waals surface area contributed by atoms with Crippen LogP contribution in [0.3, 0.4) is 0 Å². The van der Waals surface area contributed by atoms with Crippen LogP contribution in [-0.4, -0.2) is 37.5 Å². The largest absolute Gasteiger partial charge is 0.351 e. The van der Waals surface area contributed by atoms with Gasteiger partial charge in [-0.1, -0.05) is 15.9 Å². The summed E-state index contributed by atoms with van der Waals surface area (Å²) >= 11 is 3.51. The lowest BCUT2D eigenvalue weighted by Gasteiger charge is -2.34. The minimum Gasteiger partial charge on any atom is -0.351 e. The van der Waals surface area contributed by atoms with E-state index in [9.17, 15) is 0 Å². The lowest BCUT2D eigenvalue weighted by atomic mass is 10.1. The van der Waals surface area contributed by atoms with Crippen LogP contribution in [0.15, 0.2) is 18.7 Å². The summed E-state index contributed by atoms with van der Waals surface area (Å²) in [6.07, 6.45) is 5.27. The van der Waals surface area contributed by atoms with Crippen molar-refractivity contribution < 1.29 is 0 Å². The third-order valence-corrected chi connectivity index (χ3v) is 4.12. The first-order chi connectivity index (χ1) is 7.56. The van der Waals surface area contributed by atoms with Crippen LogP contribution in [0, 0.1) is 0 Å². The van der Waals surface area contributed by atoms with Crippen LogP contribution in [0.4, 0.5) is 5.82 Å². The highest BCUT2D eigenvalue weighted by Gasteiger charge is 2.25. The Kier molecular flexibility index (Phi) is 2.84. The molecule has 6 heteroatoms. The summed E-state index contributed by atoms with van der Waals surface area (Å²) in [7, 11) is 2.01. The van der Waals surface area contributed by atoms with E-state index in [0.29, 0.717) is 0 Å². The highest BCUT2D eigenvalue weighted by molar-refractivity contribution is 9.09. The van der Waals surface area contributed by atoms with Crippen LogP contribution < -0.4 is 4.90 Å². The van der Waals surface area contributed by atoms with Crippen molar-refractivity contribution in [3.05, 3.63) is 18.7 Å². The molecule has 2 aromatic heterocycles. The number of aromatic nitrogens is 4. The first-order valence-electron chi connectivity index (χ1n) is 5.00. The second kappa shape index (κ2) is 4.01. The second-order valence-corrected chi connectivity index (χ2v) is 4.88. The highest BCUT2D eigenvalue weighted by Crippen LogP contribution is 2.24. The fourth-order valence-electron chi connectivity index (χ4n) is 1.36. The maximum Gasteiger partial charge on any atom is 0.203 e. The van der Waals surface area contributed by atoms with E-state index in [0.717, 1.165) is 16.8 Å². The molecule has 0 spiro atoms. The fourth-order valence-corrected chi connectivity index (χ4v) is 1.73. The van der Waals surface area contributed by atoms with Gasteiger partial charge in [0.25, 0.3) is 0 Å². The normalized spacial score (nSPS) is 12.0. The predicted molar refractivity (Wildman–Crippen MR) is 67.1 cm³/mol. The molecule has 0 saturated carbocycles. The average Bonchev–Trinajstić information content (AvgIpc) is 2.75. The topological polar surface area (TPSA) is 46.3 Å². The van der Waals surface area contributed by atoms with Gasteiger partial charge in [-0.25, -0.2) is 4.98 Å². The van der Waals surface area contributed by atoms with Crippen LogP contribution in [0.1, 0.15) is 13.8 Å². The van der Waals surface area contributed by atoms with Gasteiger partial charge < -0.3 is 4.90 Å². The summed E-state index contributed by atoms with van der Waals surface area (Å²) in [5.41, 5.74) is 0.750. The Morgan fingerprint density at radius 3 is 2.94 bits per heavy atom. The molecule has 0 aliphatic carbocycles. The van der Waals surface area contributed by atoms with Gasteiger partial charge in [0.1, 0.15) is 6.33 Å². The zero-order valence-electron chi connectivity index (χ0n) is 9.55. The molecule has 0 aliphatic rings. The minimum absolute atomic E-state index is 0.0270. The minimum atomic E-state index is -0.0270. The maximum absolute atomic E-state index is 4.38. The Balaban J connectivity index is 2.51. The fraction of sp³-hybridized carbons (Fsp3) is 0.500. The Bertz CT molecular complexity index is 493. The molecule has 0 aliphatic heterocycles. The van der Waals surface area contributed by atoms with Gasteiger partial charge in [-0.05, 0) is 13.8 Å². The molecule has 0 unspecified atom stereocenters. The van der Waals surface area contributed by atoms with E-state index in [1.54, 1.807) is 12.5 Å². The highest BCUT2D eigenvalue weighted by atomic mass is 79.9. The number of hydrogen-bond acceptors (Lipinski definition) is 4. The SMILES string of the molecule is CN(c1nccn2cnnc12)C(C)(C)CBr. The van der Waals surface area contributed by atoms with E-state index in [4.69, 9.17) is 0 Å². The van der Waals surface area contributed by atoms with Crippen molar-refractivity contribution in [1.29, 1.82) is 0 Å². The van der Waals surface area contributed by atoms with E-state index in [-0.39, 0.29) is 5.54 Å². The van der Waals surface area contributed by atoms with Crippen LogP contribution in [0.5, 0.6) is 0 Å². The summed E-state index contributed by atoms with van der Waals surface area (Å²) in [6, 6.07) is 0. The number of alkyl halides is 1. The molecule has 2 heterocycles. The van der Waals surface area contributed by atoms with Gasteiger partial charge in [-0.15, -0.1) is 10.2 Å². The van der Waals surface area contributed by atoms with Crippen molar-refractivity contribution >= 4 is 27.4 Å². The molecule has 0 aromatic carbocycles. The molecular weight excluding hydrogens is 270 g/mol. The van der Waals surface area contributed by atoms with Gasteiger partial charge in [0, 0.05) is 30.3 Å². The molecular formula is C10H14BrN5. The van der Waals surface area contributed by atoms with E-state index in [1.807, 2.05) is 17.6 Å². The molecule has 5 nitrogen and oxygen atoms in total. The van der Waals surface area contributed by atoms with E-state index >= 15 is 0 Å². The summed E-state index contributed by atoms with van der Waals surface area (Å²) < 4.78 is 1.86. The van der Waals surface area contributed by atoms with Crippen molar-refractivity contribution in [2.24, 2.45) is 0 Å². The number of anilines is 1. The molecule has 0 radical (unpaired) electrons. The molecule has 0 N–H and O–H groups in total. The third kappa shape index (κ3) is 1.77. The first kappa shape index (κ1) is 11.3. The van der Waals surface area contributed by atoms with Crippen molar-refractivity contribution in [2.45, 2.75) is 19.4 Å². The molecule has 16 heavy (non-hydrogen) atoms. The number of fused-ring (bicyclic) bond motifs is 1. The van der Waals surface area contributed by atoms with Gasteiger partial charge in [-0.2, -0.15) is 0 Å². The molecule has 0 amide bonds. The quantitative estimate of drug-likeness (QED) is 0.805. The lowest BCUT2D eigenvalue weighted by Crippen LogP contribution is -2.43. The molecule has 0 bridgehead atoms. The molecule has 86 valence electrons. The van der Waals surface area contributed by atoms with Gasteiger partial charge in [0.2, 0.25) is 5.65 Å². The van der Waals surface area contributed by atoms with Crippen LogP contribution in [-0.2, 0) is 0 Å². The van der Waals surface area contributed by atoms with Crippen molar-refractivity contribution in [3.8, 4) is 0 Å². The number of nitrogens with zero attached hydrogens (tertiary/aromatic N) is 5. The Hall–Kier alpha value is -1.17. The Morgan fingerprint density at radius 1 is 1.50 bits per heavy atom. The average molecular weight is 284 g/mol. The summed E-state index contributed by atoms with van der Waals surface area (Å²) in [5, 5.41) is 8.82. The van der Waals surface area contributed by atoms with Gasteiger partial charge in [0.05, 0.1) is 0 Å². The zero-order valence-corrected chi connectivity index (χ0v) is 11.1. The smallest absolute Gasteiger partial charge is 0.203 e. The Labute approximate surface area is 103 Å². The molecule has 0 atom stereocenters. The van der Waals surface area contributed by atoms with Crippen LogP contribution in [0.25, 0.3) is 5.65 Å². The van der Waals surface area contributed by atoms with Crippen molar-refractivity contribution in [3.63, 3.8) is 0 Å². The number of rotatable bonds is 3. The first-order valence-corrected chi connectivity index (χ1v) is 6.12. The van der Waals surface area contributed by atoms with E-state index in [2.05, 4.69) is 49.9 Å². The van der Waals surface area contributed by atoms with Crippen LogP contribution >= 0.6 is 15.9 Å².